The summed E-state index contributed by atoms with van der Waals surface area (Å²) in [4.78, 5) is 25.0. The number of aliphatic carboxylic acids is 1. The molecule has 1 spiro atoms. The Kier molecular flexibility index (Phi) is 3.54. The molecule has 1 aliphatic carbocycles. The van der Waals surface area contributed by atoms with Crippen molar-refractivity contribution in [1.29, 1.82) is 0 Å². The molecule has 2 aliphatic rings. The number of rotatable bonds is 3. The van der Waals surface area contributed by atoms with E-state index in [1.54, 1.807) is 4.90 Å². The van der Waals surface area contributed by atoms with Crippen molar-refractivity contribution in [3.63, 3.8) is 0 Å². The molecule has 1 aromatic heterocycles. The van der Waals surface area contributed by atoms with E-state index in [-0.39, 0.29) is 21.4 Å². The van der Waals surface area contributed by atoms with Gasteiger partial charge in [-0.15, -0.1) is 11.3 Å². The van der Waals surface area contributed by atoms with Crippen molar-refractivity contribution in [2.45, 2.75) is 23.5 Å². The summed E-state index contributed by atoms with van der Waals surface area (Å²) in [5.74, 6) is -1.26. The van der Waals surface area contributed by atoms with E-state index in [0.29, 0.717) is 37.9 Å². The molecule has 0 aromatic carbocycles. The number of hydrogen-bond acceptors (Lipinski definition) is 5. The highest BCUT2D eigenvalue weighted by Gasteiger charge is 2.59. The molecule has 2 fully saturated rings. The number of carbonyl (C=O) groups is 2. The zero-order valence-electron chi connectivity index (χ0n) is 11.7. The van der Waals surface area contributed by atoms with E-state index < -0.39 is 16.0 Å². The highest BCUT2D eigenvalue weighted by molar-refractivity contribution is 7.91. The van der Waals surface area contributed by atoms with Crippen LogP contribution >= 0.6 is 11.3 Å². The molecule has 1 saturated heterocycles. The first kappa shape index (κ1) is 15.4. The lowest BCUT2D eigenvalue weighted by Crippen LogP contribution is -2.39. The van der Waals surface area contributed by atoms with Gasteiger partial charge < -0.3 is 10.0 Å². The molecule has 0 unspecified atom stereocenters. The fraction of sp³-hybridized carbons (Fsp3) is 0.538. The molecule has 3 rings (SSSR count). The Morgan fingerprint density at radius 2 is 2.00 bits per heavy atom. The molecule has 120 valence electrons. The number of thiophene rings is 1. The van der Waals surface area contributed by atoms with E-state index in [1.165, 1.54) is 11.4 Å². The van der Waals surface area contributed by atoms with Crippen LogP contribution in [0.1, 0.15) is 29.6 Å². The third-order valence-electron chi connectivity index (χ3n) is 4.64. The van der Waals surface area contributed by atoms with Crippen molar-refractivity contribution in [2.75, 3.05) is 13.1 Å². The van der Waals surface area contributed by atoms with Crippen LogP contribution in [0.2, 0.25) is 0 Å². The summed E-state index contributed by atoms with van der Waals surface area (Å²) >= 11 is 0.927. The molecule has 0 radical (unpaired) electrons. The summed E-state index contributed by atoms with van der Waals surface area (Å²) in [6, 6.07) is 1.30. The minimum Gasteiger partial charge on any atom is -0.481 e. The largest absolute Gasteiger partial charge is 0.481 e. The zero-order valence-corrected chi connectivity index (χ0v) is 13.3. The molecule has 7 nitrogen and oxygen atoms in total. The lowest BCUT2D eigenvalue weighted by Gasteiger charge is -2.32. The van der Waals surface area contributed by atoms with Gasteiger partial charge in [-0.2, -0.15) is 0 Å². The maximum Gasteiger partial charge on any atom is 0.307 e. The summed E-state index contributed by atoms with van der Waals surface area (Å²) < 4.78 is 22.5. The predicted molar refractivity (Wildman–Crippen MR) is 79.0 cm³/mol. The number of nitrogens with zero attached hydrogens (tertiary/aromatic N) is 1. The van der Waals surface area contributed by atoms with Crippen molar-refractivity contribution in [1.82, 2.24) is 4.90 Å². The predicted octanol–water partition coefficient (Wildman–Crippen LogP) is 0.722. The second-order valence-corrected chi connectivity index (χ2v) is 8.65. The van der Waals surface area contributed by atoms with Gasteiger partial charge in [0, 0.05) is 18.5 Å². The molecule has 1 atom stereocenters. The first-order valence-electron chi connectivity index (χ1n) is 6.86. The summed E-state index contributed by atoms with van der Waals surface area (Å²) in [6.45, 7) is 1.01. The standard InChI is InChI=1S/C13H16N2O5S2/c14-22(19,20)10-5-8(7-21-10)11(16)15-3-1-13(2-4-15)6-9(13)12(17)18/h5,7,9H,1-4,6H2,(H,17,18)(H2,14,19,20)/t9-/m1/s1. The van der Waals surface area contributed by atoms with Gasteiger partial charge in [0.1, 0.15) is 4.21 Å². The lowest BCUT2D eigenvalue weighted by molar-refractivity contribution is -0.139. The van der Waals surface area contributed by atoms with Gasteiger partial charge in [0.2, 0.25) is 10.0 Å². The van der Waals surface area contributed by atoms with E-state index in [2.05, 4.69) is 0 Å². The molecule has 2 heterocycles. The smallest absolute Gasteiger partial charge is 0.307 e. The molecule has 9 heteroatoms. The quantitative estimate of drug-likeness (QED) is 0.838. The Hall–Kier alpha value is -1.45. The lowest BCUT2D eigenvalue weighted by atomic mass is 9.90. The van der Waals surface area contributed by atoms with Gasteiger partial charge in [-0.1, -0.05) is 0 Å². The summed E-state index contributed by atoms with van der Waals surface area (Å²) in [5, 5.41) is 15.6. The summed E-state index contributed by atoms with van der Waals surface area (Å²) in [6.07, 6.45) is 2.06. The summed E-state index contributed by atoms with van der Waals surface area (Å²) in [7, 11) is -3.79. The third-order valence-corrected chi connectivity index (χ3v) is 7.02. The zero-order chi connectivity index (χ0) is 16.1. The molecule has 0 bridgehead atoms. The van der Waals surface area contributed by atoms with Crippen molar-refractivity contribution >= 4 is 33.2 Å². The van der Waals surface area contributed by atoms with Crippen LogP contribution in [0.15, 0.2) is 15.7 Å². The van der Waals surface area contributed by atoms with E-state index in [0.717, 1.165) is 11.3 Å². The van der Waals surface area contributed by atoms with Gasteiger partial charge in [-0.05, 0) is 30.7 Å². The first-order valence-corrected chi connectivity index (χ1v) is 9.29. The minimum absolute atomic E-state index is 0.0301. The van der Waals surface area contributed by atoms with Gasteiger partial charge >= 0.3 is 5.97 Å². The minimum atomic E-state index is -3.79. The fourth-order valence-electron chi connectivity index (χ4n) is 3.17. The molecule has 1 aliphatic heterocycles. The first-order chi connectivity index (χ1) is 10.2. The number of amides is 1. The van der Waals surface area contributed by atoms with Gasteiger partial charge in [-0.25, -0.2) is 13.6 Å². The Balaban J connectivity index is 1.66. The van der Waals surface area contributed by atoms with Gasteiger partial charge in [-0.3, -0.25) is 9.59 Å². The average molecular weight is 344 g/mol. The SMILES string of the molecule is NS(=O)(=O)c1cc(C(=O)N2CCC3(CC2)C[C@@H]3C(=O)O)cs1. The van der Waals surface area contributed by atoms with Crippen molar-refractivity contribution in [3.05, 3.63) is 17.0 Å². The van der Waals surface area contributed by atoms with Crippen LogP contribution in [0.25, 0.3) is 0 Å². The van der Waals surface area contributed by atoms with E-state index in [4.69, 9.17) is 10.2 Å². The Morgan fingerprint density at radius 1 is 1.36 bits per heavy atom. The number of carboxylic acid groups (broad SMARTS) is 1. The maximum atomic E-state index is 12.4. The number of sulfonamides is 1. The molecule has 22 heavy (non-hydrogen) atoms. The molecular formula is C13H16N2O5S2. The van der Waals surface area contributed by atoms with Crippen molar-refractivity contribution < 1.29 is 23.1 Å². The highest BCUT2D eigenvalue weighted by Crippen LogP contribution is 2.59. The van der Waals surface area contributed by atoms with Crippen molar-refractivity contribution in [2.24, 2.45) is 16.5 Å². The average Bonchev–Trinajstić information content (AvgIpc) is 2.93. The Labute approximate surface area is 131 Å². The normalized spacial score (nSPS) is 23.5. The van der Waals surface area contributed by atoms with Gasteiger partial charge in [0.05, 0.1) is 11.5 Å². The second-order valence-electron chi connectivity index (χ2n) is 5.95. The monoisotopic (exact) mass is 344 g/mol. The number of primary sulfonamides is 1. The second kappa shape index (κ2) is 5.04. The molecule has 3 N–H and O–H groups in total. The number of carbonyl (C=O) groups excluding carboxylic acids is 1. The van der Waals surface area contributed by atoms with Crippen LogP contribution in [0.3, 0.4) is 0 Å². The Bertz CT molecular complexity index is 731. The van der Waals surface area contributed by atoms with Crippen LogP contribution in [0.4, 0.5) is 0 Å². The van der Waals surface area contributed by atoms with Gasteiger partial charge in [0.25, 0.3) is 5.91 Å². The molecule has 1 aromatic rings. The number of likely N-dealkylation sites (tertiary alicyclic amines) is 1. The van der Waals surface area contributed by atoms with E-state index >= 15 is 0 Å². The molecule has 1 amide bonds. The summed E-state index contributed by atoms with van der Waals surface area (Å²) in [5.41, 5.74) is 0.179. The maximum absolute atomic E-state index is 12.4. The molecule has 1 saturated carbocycles. The van der Waals surface area contributed by atoms with Crippen LogP contribution in [0, 0.1) is 11.3 Å². The van der Waals surface area contributed by atoms with Gasteiger partial charge in [0.15, 0.2) is 0 Å². The number of piperidine rings is 1. The fourth-order valence-corrected chi connectivity index (χ4v) is 4.74. The van der Waals surface area contributed by atoms with E-state index in [9.17, 15) is 18.0 Å². The van der Waals surface area contributed by atoms with Crippen LogP contribution < -0.4 is 5.14 Å². The number of hydrogen-bond donors (Lipinski definition) is 2. The third kappa shape index (κ3) is 2.64. The molecular weight excluding hydrogens is 328 g/mol. The van der Waals surface area contributed by atoms with Crippen LogP contribution in [-0.2, 0) is 14.8 Å². The topological polar surface area (TPSA) is 118 Å². The van der Waals surface area contributed by atoms with Crippen LogP contribution in [-0.4, -0.2) is 43.4 Å². The van der Waals surface area contributed by atoms with Crippen molar-refractivity contribution in [3.8, 4) is 0 Å². The van der Waals surface area contributed by atoms with Crippen LogP contribution in [0.5, 0.6) is 0 Å². The highest BCUT2D eigenvalue weighted by atomic mass is 32.2. The van der Waals surface area contributed by atoms with E-state index in [1.807, 2.05) is 0 Å². The number of carboxylic acids is 1. The number of nitrogens with two attached hydrogens (primary N) is 1. The Morgan fingerprint density at radius 3 is 2.45 bits per heavy atom.